The molecular weight excluding hydrogens is 262 g/mol. The van der Waals surface area contributed by atoms with Crippen LogP contribution in [0.2, 0.25) is 0 Å². The van der Waals surface area contributed by atoms with Gasteiger partial charge in [-0.2, -0.15) is 0 Å². The first-order valence-electron chi connectivity index (χ1n) is 8.25. The van der Waals surface area contributed by atoms with Gasteiger partial charge in [0.2, 0.25) is 0 Å². The number of carboxylic acids is 1. The van der Waals surface area contributed by atoms with Crippen LogP contribution in [-0.4, -0.2) is 5.97 Å². The van der Waals surface area contributed by atoms with E-state index in [0.29, 0.717) is 0 Å². The number of carboxylic acid groups (broad SMARTS) is 1. The fourth-order valence-corrected chi connectivity index (χ4v) is 2.01. The molecule has 120 valence electrons. The predicted molar refractivity (Wildman–Crippen MR) is 84.7 cm³/mol. The van der Waals surface area contributed by atoms with E-state index >= 15 is 0 Å². The maximum Gasteiger partial charge on any atom is 0.171 e. The van der Waals surface area contributed by atoms with Gasteiger partial charge in [-0.1, -0.05) is 46.0 Å². The fraction of sp³-hybridized carbons (Fsp3) is 0.667. The Kier molecular flexibility index (Phi) is 12.7. The van der Waals surface area contributed by atoms with Crippen molar-refractivity contribution < 1.29 is 14.5 Å². The zero-order chi connectivity index (χ0) is 15.9. The maximum absolute atomic E-state index is 9.92. The summed E-state index contributed by atoms with van der Waals surface area (Å²) in [6.45, 7) is 7.63. The second-order valence-electron chi connectivity index (χ2n) is 5.51. The summed E-state index contributed by atoms with van der Waals surface area (Å²) < 4.78 is 2.25. The molecule has 0 saturated heterocycles. The van der Waals surface area contributed by atoms with Crippen LogP contribution >= 0.6 is 0 Å². The van der Waals surface area contributed by atoms with E-state index in [-0.39, 0.29) is 6.42 Å². The Morgan fingerprint density at radius 1 is 1.10 bits per heavy atom. The van der Waals surface area contributed by atoms with E-state index in [1.807, 2.05) is 0 Å². The number of nitrogens with zero attached hydrogens (tertiary/aromatic N) is 1. The van der Waals surface area contributed by atoms with Crippen LogP contribution in [0.15, 0.2) is 24.5 Å². The molecule has 0 aliphatic carbocycles. The highest BCUT2D eigenvalue weighted by Gasteiger charge is 1.97. The van der Waals surface area contributed by atoms with Gasteiger partial charge in [-0.05, 0) is 25.8 Å². The van der Waals surface area contributed by atoms with Crippen LogP contribution in [0.25, 0.3) is 0 Å². The molecule has 0 bridgehead atoms. The molecule has 0 aromatic carbocycles. The number of carbonyl (C=O) groups excluding carboxylic acids is 1. The van der Waals surface area contributed by atoms with E-state index in [1.54, 1.807) is 0 Å². The number of carbonyl (C=O) groups is 1. The quantitative estimate of drug-likeness (QED) is 0.518. The van der Waals surface area contributed by atoms with Crippen molar-refractivity contribution in [1.29, 1.82) is 0 Å². The number of unbranched alkanes of at least 4 members (excludes halogenated alkanes) is 5. The summed E-state index contributed by atoms with van der Waals surface area (Å²) in [5.74, 6) is -0.920. The van der Waals surface area contributed by atoms with E-state index in [9.17, 15) is 9.90 Å². The first-order valence-corrected chi connectivity index (χ1v) is 8.25. The van der Waals surface area contributed by atoms with Crippen molar-refractivity contribution in [3.63, 3.8) is 0 Å². The van der Waals surface area contributed by atoms with E-state index in [2.05, 4.69) is 49.9 Å². The van der Waals surface area contributed by atoms with Gasteiger partial charge in [0.1, 0.15) is 6.54 Å². The van der Waals surface area contributed by atoms with Crippen molar-refractivity contribution in [2.24, 2.45) is 0 Å². The number of hydrogen-bond acceptors (Lipinski definition) is 2. The minimum absolute atomic E-state index is 0.226. The molecule has 1 heterocycles. The molecule has 0 spiro atoms. The minimum Gasteiger partial charge on any atom is -0.550 e. The third-order valence-electron chi connectivity index (χ3n) is 3.26. The number of aliphatic carboxylic acids is 1. The molecule has 3 nitrogen and oxygen atoms in total. The zero-order valence-corrected chi connectivity index (χ0v) is 13.9. The molecule has 21 heavy (non-hydrogen) atoms. The minimum atomic E-state index is -0.920. The van der Waals surface area contributed by atoms with Crippen molar-refractivity contribution in [2.75, 3.05) is 0 Å². The predicted octanol–water partition coefficient (Wildman–Crippen LogP) is 3.18. The molecule has 3 heteroatoms. The van der Waals surface area contributed by atoms with Gasteiger partial charge in [0.05, 0.1) is 0 Å². The van der Waals surface area contributed by atoms with Crippen LogP contribution in [0.4, 0.5) is 0 Å². The van der Waals surface area contributed by atoms with Crippen LogP contribution in [0.1, 0.15) is 70.8 Å². The van der Waals surface area contributed by atoms with Gasteiger partial charge in [0.15, 0.2) is 12.4 Å². The molecule has 0 N–H and O–H groups in total. The lowest BCUT2D eigenvalue weighted by atomic mass is 10.1. The normalized spacial score (nSPS) is 9.86. The molecule has 0 aliphatic heterocycles. The van der Waals surface area contributed by atoms with Crippen molar-refractivity contribution in [3.8, 4) is 0 Å². The highest BCUT2D eigenvalue weighted by Crippen LogP contribution is 2.03. The van der Waals surface area contributed by atoms with E-state index in [0.717, 1.165) is 25.8 Å². The molecule has 0 atom stereocenters. The molecular formula is C18H31NO2. The van der Waals surface area contributed by atoms with E-state index < -0.39 is 5.97 Å². The summed E-state index contributed by atoms with van der Waals surface area (Å²) in [5.41, 5.74) is 1.34. The molecule has 1 aromatic rings. The lowest BCUT2D eigenvalue weighted by Gasteiger charge is -2.00. The maximum atomic E-state index is 9.92. The number of aromatic nitrogens is 1. The fourth-order valence-electron chi connectivity index (χ4n) is 2.01. The van der Waals surface area contributed by atoms with Crippen LogP contribution < -0.4 is 9.67 Å². The van der Waals surface area contributed by atoms with Crippen LogP contribution in [-0.2, 0) is 11.3 Å². The van der Waals surface area contributed by atoms with Gasteiger partial charge in [0.25, 0.3) is 0 Å². The summed E-state index contributed by atoms with van der Waals surface area (Å²) in [5, 5.41) is 9.92. The molecule has 1 rings (SSSR count). The van der Waals surface area contributed by atoms with Gasteiger partial charge in [-0.3, -0.25) is 0 Å². The Balaban J connectivity index is 0.000000384. The molecule has 0 amide bonds. The Hall–Kier alpha value is -1.38. The number of pyridine rings is 1. The van der Waals surface area contributed by atoms with Crippen LogP contribution in [0.3, 0.4) is 0 Å². The first kappa shape index (κ1) is 19.6. The standard InChI is InChI=1S/C10H16N.C8H16O2/c1-3-4-7-11-8-5-6-10(2)9-11;1-2-3-4-5-6-7-8(9)10/h5-6,8-9H,3-4,7H2,1-2H3;2-7H2,1H3,(H,9,10)/q+1;/p-1. The Morgan fingerprint density at radius 2 is 1.76 bits per heavy atom. The van der Waals surface area contributed by atoms with Gasteiger partial charge >= 0.3 is 0 Å². The summed E-state index contributed by atoms with van der Waals surface area (Å²) in [7, 11) is 0. The van der Waals surface area contributed by atoms with Crippen LogP contribution in [0.5, 0.6) is 0 Å². The second-order valence-corrected chi connectivity index (χ2v) is 5.51. The average molecular weight is 293 g/mol. The summed E-state index contributed by atoms with van der Waals surface area (Å²) >= 11 is 0. The first-order chi connectivity index (χ1) is 10.1. The lowest BCUT2D eigenvalue weighted by molar-refractivity contribution is -0.697. The van der Waals surface area contributed by atoms with Gasteiger partial charge in [-0.25, -0.2) is 4.57 Å². The molecule has 0 radical (unpaired) electrons. The van der Waals surface area contributed by atoms with Crippen molar-refractivity contribution in [3.05, 3.63) is 30.1 Å². The second kappa shape index (κ2) is 13.6. The topological polar surface area (TPSA) is 44.0 Å². The Bertz CT molecular complexity index is 377. The third kappa shape index (κ3) is 13.4. The largest absolute Gasteiger partial charge is 0.550 e. The van der Waals surface area contributed by atoms with E-state index in [1.165, 1.54) is 31.2 Å². The number of hydrogen-bond donors (Lipinski definition) is 0. The molecule has 0 fully saturated rings. The summed E-state index contributed by atoms with van der Waals surface area (Å²) in [4.78, 5) is 9.92. The number of aryl methyl sites for hydroxylation is 2. The van der Waals surface area contributed by atoms with Crippen LogP contribution in [0, 0.1) is 6.92 Å². The van der Waals surface area contributed by atoms with Gasteiger partial charge < -0.3 is 9.90 Å². The SMILES string of the molecule is CCCCCCCC(=O)[O-].CCCC[n+]1cccc(C)c1. The lowest BCUT2D eigenvalue weighted by Crippen LogP contribution is -2.32. The Morgan fingerprint density at radius 3 is 2.33 bits per heavy atom. The van der Waals surface area contributed by atoms with Crippen molar-refractivity contribution >= 4 is 5.97 Å². The summed E-state index contributed by atoms with van der Waals surface area (Å²) in [6.07, 6.45) is 12.5. The highest BCUT2D eigenvalue weighted by molar-refractivity contribution is 5.63. The monoisotopic (exact) mass is 293 g/mol. The highest BCUT2D eigenvalue weighted by atomic mass is 16.4. The number of rotatable bonds is 9. The third-order valence-corrected chi connectivity index (χ3v) is 3.26. The van der Waals surface area contributed by atoms with E-state index in [4.69, 9.17) is 0 Å². The van der Waals surface area contributed by atoms with Crippen molar-refractivity contribution in [1.82, 2.24) is 0 Å². The molecule has 0 aliphatic rings. The van der Waals surface area contributed by atoms with Gasteiger partial charge in [0, 0.05) is 24.0 Å². The zero-order valence-electron chi connectivity index (χ0n) is 13.9. The average Bonchev–Trinajstić information content (AvgIpc) is 2.45. The molecule has 0 unspecified atom stereocenters. The van der Waals surface area contributed by atoms with Crippen molar-refractivity contribution in [2.45, 2.75) is 78.7 Å². The smallest absolute Gasteiger partial charge is 0.171 e. The molecule has 0 saturated carbocycles. The molecule has 1 aromatic heterocycles. The van der Waals surface area contributed by atoms with Gasteiger partial charge in [-0.15, -0.1) is 0 Å². The summed E-state index contributed by atoms with van der Waals surface area (Å²) in [6, 6.07) is 4.23. The Labute approximate surface area is 130 Å².